The Labute approximate surface area is 468 Å². The molecule has 4 aromatic heterocycles. The van der Waals surface area contributed by atoms with E-state index in [0.29, 0.717) is 27.9 Å². The van der Waals surface area contributed by atoms with Gasteiger partial charge in [0.15, 0.2) is 16.7 Å². The number of nitriles is 1. The largest absolute Gasteiger partial charge is 0.456 e. The van der Waals surface area contributed by atoms with E-state index in [-0.39, 0.29) is 0 Å². The Balaban J connectivity index is 0.799. The summed E-state index contributed by atoms with van der Waals surface area (Å²) in [6.07, 6.45) is 0. The van der Waals surface area contributed by atoms with Crippen molar-refractivity contribution in [3.05, 3.63) is 266 Å². The molecule has 0 aliphatic heterocycles. The van der Waals surface area contributed by atoms with Gasteiger partial charge in [0, 0.05) is 83.0 Å². The number of fused-ring (bicyclic) bond motifs is 15. The van der Waals surface area contributed by atoms with Crippen LogP contribution in [0.4, 0.5) is 34.1 Å². The number of hydrogen-bond acceptors (Lipinski definition) is 7. The van der Waals surface area contributed by atoms with Crippen LogP contribution in [0.3, 0.4) is 0 Å². The van der Waals surface area contributed by atoms with Crippen molar-refractivity contribution in [2.24, 2.45) is 0 Å². The average molecular weight is 1050 g/mol. The first kappa shape index (κ1) is 45.7. The standard InChI is InChI=1S/C75H43N3O4/c76-44-51-43-68-69(62-39-47-33-35-54(37-49(47)41-66(62)79-68)77(52-21-9-3-10-22-52)64-31-15-29-60-58-27-13-25-56(72(58)81-74(60)64)45-17-5-1-6-18-45)70-63-40-48-34-36-55(38-50(48)42-67(63)80-71(51)70)78(53-23-11-4-12-24-53)65-32-16-30-61-59-28-14-26-57(73(59)82-75(61)65)46-19-7-2-8-20-46/h1-43H. The second kappa shape index (κ2) is 17.8. The summed E-state index contributed by atoms with van der Waals surface area (Å²) in [5.74, 6) is 0. The molecule has 0 bridgehead atoms. The molecule has 0 spiro atoms. The fourth-order valence-corrected chi connectivity index (χ4v) is 12.7. The van der Waals surface area contributed by atoms with Crippen molar-refractivity contribution in [2.45, 2.75) is 0 Å². The number of hydrogen-bond donors (Lipinski definition) is 0. The quantitative estimate of drug-likeness (QED) is 0.150. The molecule has 0 atom stereocenters. The average Bonchev–Trinajstić information content (AvgIpc) is 2.36. The molecule has 0 amide bonds. The number of anilines is 6. The highest BCUT2D eigenvalue weighted by molar-refractivity contribution is 6.29. The molecule has 0 saturated heterocycles. The van der Waals surface area contributed by atoms with Gasteiger partial charge in [-0.05, 0) is 118 Å². The minimum absolute atomic E-state index is 0.410. The molecule has 0 saturated carbocycles. The monoisotopic (exact) mass is 1050 g/mol. The van der Waals surface area contributed by atoms with Gasteiger partial charge >= 0.3 is 0 Å². The van der Waals surface area contributed by atoms with Gasteiger partial charge in [0.25, 0.3) is 0 Å². The Kier molecular flexibility index (Phi) is 9.94. The summed E-state index contributed by atoms with van der Waals surface area (Å²) in [5, 5.41) is 22.6. The van der Waals surface area contributed by atoms with Crippen LogP contribution in [-0.2, 0) is 0 Å². The summed E-state index contributed by atoms with van der Waals surface area (Å²) in [4.78, 5) is 4.53. The molecule has 0 aliphatic carbocycles. The van der Waals surface area contributed by atoms with Crippen LogP contribution in [0.2, 0.25) is 0 Å². The third-order valence-electron chi connectivity index (χ3n) is 16.4. The zero-order valence-corrected chi connectivity index (χ0v) is 43.8. The van der Waals surface area contributed by atoms with E-state index in [2.05, 4.69) is 246 Å². The van der Waals surface area contributed by atoms with Crippen molar-refractivity contribution in [1.82, 2.24) is 0 Å². The molecule has 0 N–H and O–H groups in total. The highest BCUT2D eigenvalue weighted by Crippen LogP contribution is 2.49. The molecule has 0 aliphatic rings. The zero-order chi connectivity index (χ0) is 54.0. The Morgan fingerprint density at radius 3 is 1.21 bits per heavy atom. The maximum absolute atomic E-state index is 10.7. The lowest BCUT2D eigenvalue weighted by Gasteiger charge is -2.25. The molecule has 0 fully saturated rings. The highest BCUT2D eigenvalue weighted by atomic mass is 16.3. The molecule has 17 aromatic rings. The minimum Gasteiger partial charge on any atom is -0.456 e. The maximum Gasteiger partial charge on any atom is 0.159 e. The number of para-hydroxylation sites is 6. The summed E-state index contributed by atoms with van der Waals surface area (Å²) < 4.78 is 27.5. The van der Waals surface area contributed by atoms with E-state index in [0.717, 1.165) is 143 Å². The van der Waals surface area contributed by atoms with Crippen molar-refractivity contribution in [2.75, 3.05) is 9.80 Å². The zero-order valence-electron chi connectivity index (χ0n) is 43.8. The molecule has 17 rings (SSSR count). The van der Waals surface area contributed by atoms with Crippen molar-refractivity contribution >= 4 is 143 Å². The minimum atomic E-state index is 0.410. The van der Waals surface area contributed by atoms with Crippen LogP contribution in [0, 0.1) is 11.3 Å². The lowest BCUT2D eigenvalue weighted by molar-refractivity contribution is 0.662. The van der Waals surface area contributed by atoms with Crippen LogP contribution in [0.25, 0.3) is 132 Å². The van der Waals surface area contributed by atoms with E-state index in [1.807, 2.05) is 30.3 Å². The van der Waals surface area contributed by atoms with Gasteiger partial charge in [0.05, 0.1) is 16.9 Å². The van der Waals surface area contributed by atoms with Crippen molar-refractivity contribution in [1.29, 1.82) is 5.26 Å². The molecule has 0 radical (unpaired) electrons. The van der Waals surface area contributed by atoms with Crippen LogP contribution in [-0.4, -0.2) is 0 Å². The maximum atomic E-state index is 10.7. The van der Waals surface area contributed by atoms with Crippen molar-refractivity contribution in [3.63, 3.8) is 0 Å². The fraction of sp³-hybridized carbons (Fsp3) is 0. The predicted octanol–water partition coefficient (Wildman–Crippen LogP) is 21.7. The first-order valence-electron chi connectivity index (χ1n) is 27.4. The topological polar surface area (TPSA) is 82.8 Å². The highest BCUT2D eigenvalue weighted by Gasteiger charge is 2.26. The number of nitrogens with zero attached hydrogens (tertiary/aromatic N) is 3. The van der Waals surface area contributed by atoms with Gasteiger partial charge in [-0.3, -0.25) is 0 Å². The van der Waals surface area contributed by atoms with Crippen LogP contribution < -0.4 is 9.80 Å². The summed E-state index contributed by atoms with van der Waals surface area (Å²) in [5.41, 5.74) is 16.3. The predicted molar refractivity (Wildman–Crippen MR) is 336 cm³/mol. The summed E-state index contributed by atoms with van der Waals surface area (Å²) in [7, 11) is 0. The van der Waals surface area contributed by atoms with E-state index in [4.69, 9.17) is 17.7 Å². The van der Waals surface area contributed by atoms with Gasteiger partial charge in [-0.1, -0.05) is 170 Å². The van der Waals surface area contributed by atoms with Crippen LogP contribution >= 0.6 is 0 Å². The lowest BCUT2D eigenvalue weighted by atomic mass is 9.99. The molecule has 382 valence electrons. The van der Waals surface area contributed by atoms with E-state index in [9.17, 15) is 5.26 Å². The summed E-state index contributed by atoms with van der Waals surface area (Å²) in [6.45, 7) is 0. The second-order valence-electron chi connectivity index (χ2n) is 21.0. The van der Waals surface area contributed by atoms with E-state index < -0.39 is 0 Å². The van der Waals surface area contributed by atoms with Gasteiger partial charge in [0.1, 0.15) is 34.0 Å². The normalized spacial score (nSPS) is 11.9. The Hall–Kier alpha value is -11.3. The fourth-order valence-electron chi connectivity index (χ4n) is 12.7. The van der Waals surface area contributed by atoms with Gasteiger partial charge in [0.2, 0.25) is 0 Å². The Bertz CT molecular complexity index is 5480. The second-order valence-corrected chi connectivity index (χ2v) is 21.0. The van der Waals surface area contributed by atoms with Crippen LogP contribution in [0.15, 0.2) is 279 Å². The van der Waals surface area contributed by atoms with E-state index in [1.165, 1.54) is 0 Å². The number of furan rings is 4. The van der Waals surface area contributed by atoms with Gasteiger partial charge in [-0.15, -0.1) is 0 Å². The first-order chi connectivity index (χ1) is 40.6. The molecular weight excluding hydrogens is 1010 g/mol. The molecule has 7 nitrogen and oxygen atoms in total. The lowest BCUT2D eigenvalue weighted by Crippen LogP contribution is -2.10. The SMILES string of the molecule is N#Cc1cc2oc3cc4cc(N(c5ccccc5)c5cccc6c5oc5c(-c7ccccc7)cccc56)ccc4cc3c2c2c1oc1cc3cc(N(c4ccccc4)c4cccc5c4oc4c(-c6ccccc6)cccc45)ccc3cc12. The van der Waals surface area contributed by atoms with Crippen LogP contribution in [0.5, 0.6) is 0 Å². The molecule has 4 heterocycles. The first-order valence-corrected chi connectivity index (χ1v) is 27.4. The molecule has 13 aromatic carbocycles. The van der Waals surface area contributed by atoms with Crippen molar-refractivity contribution < 1.29 is 17.7 Å². The number of benzene rings is 13. The molecule has 7 heteroatoms. The van der Waals surface area contributed by atoms with Gasteiger partial charge < -0.3 is 27.5 Å². The smallest absolute Gasteiger partial charge is 0.159 e. The third-order valence-corrected chi connectivity index (χ3v) is 16.4. The Morgan fingerprint density at radius 1 is 0.280 bits per heavy atom. The van der Waals surface area contributed by atoms with Gasteiger partial charge in [-0.2, -0.15) is 5.26 Å². The molecular formula is C75H43N3O4. The van der Waals surface area contributed by atoms with Crippen LogP contribution in [0.1, 0.15) is 5.56 Å². The van der Waals surface area contributed by atoms with E-state index >= 15 is 0 Å². The summed E-state index contributed by atoms with van der Waals surface area (Å²) in [6, 6.07) is 93.2. The number of rotatable bonds is 8. The summed E-state index contributed by atoms with van der Waals surface area (Å²) >= 11 is 0. The Morgan fingerprint density at radius 2 is 0.720 bits per heavy atom. The molecule has 82 heavy (non-hydrogen) atoms. The van der Waals surface area contributed by atoms with Crippen molar-refractivity contribution in [3.8, 4) is 28.3 Å². The molecule has 0 unspecified atom stereocenters. The third kappa shape index (κ3) is 6.95. The van der Waals surface area contributed by atoms with E-state index in [1.54, 1.807) is 0 Å². The van der Waals surface area contributed by atoms with Gasteiger partial charge in [-0.25, -0.2) is 0 Å².